The van der Waals surface area contributed by atoms with Crippen LogP contribution in [0.5, 0.6) is 0 Å². The van der Waals surface area contributed by atoms with E-state index in [0.29, 0.717) is 11.7 Å². The minimum atomic E-state index is 0.619. The molecule has 0 spiro atoms. The minimum absolute atomic E-state index is 0.619. The first-order valence-electron chi connectivity index (χ1n) is 6.41. The topological polar surface area (TPSA) is 24.1 Å². The number of rotatable bonds is 3. The molecule has 0 fully saturated rings. The second-order valence-electron chi connectivity index (χ2n) is 4.75. The third kappa shape index (κ3) is 4.22. The fourth-order valence-corrected chi connectivity index (χ4v) is 2.13. The maximum atomic E-state index is 5.86. The molecule has 0 amide bonds. The molecule has 4 heteroatoms. The van der Waals surface area contributed by atoms with E-state index in [1.165, 1.54) is 11.1 Å². The number of aryl methyl sites for hydroxylation is 2. The summed E-state index contributed by atoms with van der Waals surface area (Å²) in [6, 6.07) is 14.0. The van der Waals surface area contributed by atoms with E-state index < -0.39 is 0 Å². The molecular formula is C16H17ClN2S. The van der Waals surface area contributed by atoms with Crippen molar-refractivity contribution in [3.8, 4) is 0 Å². The van der Waals surface area contributed by atoms with Gasteiger partial charge in [0, 0.05) is 17.3 Å². The van der Waals surface area contributed by atoms with Crippen molar-refractivity contribution in [2.75, 3.05) is 5.32 Å². The lowest BCUT2D eigenvalue weighted by Gasteiger charge is -2.13. The van der Waals surface area contributed by atoms with Crippen molar-refractivity contribution in [1.82, 2.24) is 5.32 Å². The van der Waals surface area contributed by atoms with E-state index in [0.717, 1.165) is 16.3 Å². The fraction of sp³-hybridized carbons (Fsp3) is 0.188. The lowest BCUT2D eigenvalue weighted by Crippen LogP contribution is -2.28. The van der Waals surface area contributed by atoms with E-state index in [1.54, 1.807) is 0 Å². The van der Waals surface area contributed by atoms with Crippen molar-refractivity contribution in [3.05, 3.63) is 64.2 Å². The number of hydrogen-bond donors (Lipinski definition) is 2. The van der Waals surface area contributed by atoms with Crippen LogP contribution in [-0.2, 0) is 6.54 Å². The molecule has 0 aliphatic carbocycles. The maximum absolute atomic E-state index is 5.86. The molecule has 2 N–H and O–H groups in total. The van der Waals surface area contributed by atoms with Crippen LogP contribution in [0.1, 0.15) is 16.7 Å². The van der Waals surface area contributed by atoms with Gasteiger partial charge in [-0.15, -0.1) is 0 Å². The Morgan fingerprint density at radius 3 is 2.50 bits per heavy atom. The molecule has 2 rings (SSSR count). The first kappa shape index (κ1) is 14.8. The molecule has 2 aromatic rings. The molecule has 104 valence electrons. The number of thiocarbonyl (C=S) groups is 1. The summed E-state index contributed by atoms with van der Waals surface area (Å²) in [4.78, 5) is 0. The van der Waals surface area contributed by atoms with Gasteiger partial charge in [0.25, 0.3) is 0 Å². The van der Waals surface area contributed by atoms with Gasteiger partial charge in [0.1, 0.15) is 0 Å². The first-order chi connectivity index (χ1) is 9.54. The number of benzene rings is 2. The average Bonchev–Trinajstić information content (AvgIpc) is 2.42. The second-order valence-corrected chi connectivity index (χ2v) is 5.60. The summed E-state index contributed by atoms with van der Waals surface area (Å²) in [5.41, 5.74) is 4.56. The molecule has 0 heterocycles. The molecule has 0 saturated carbocycles. The van der Waals surface area contributed by atoms with Crippen LogP contribution in [0, 0.1) is 13.8 Å². The molecule has 0 aliphatic heterocycles. The summed E-state index contributed by atoms with van der Waals surface area (Å²) in [7, 11) is 0. The van der Waals surface area contributed by atoms with Gasteiger partial charge in [-0.25, -0.2) is 0 Å². The summed E-state index contributed by atoms with van der Waals surface area (Å²) in [5.74, 6) is 0. The third-order valence-electron chi connectivity index (χ3n) is 3.01. The van der Waals surface area contributed by atoms with Gasteiger partial charge >= 0.3 is 0 Å². The lowest BCUT2D eigenvalue weighted by atomic mass is 10.1. The van der Waals surface area contributed by atoms with E-state index in [9.17, 15) is 0 Å². The van der Waals surface area contributed by atoms with Crippen LogP contribution in [0.25, 0.3) is 0 Å². The summed E-state index contributed by atoms with van der Waals surface area (Å²) in [6.07, 6.45) is 0. The van der Waals surface area contributed by atoms with Crippen LogP contribution in [0.2, 0.25) is 5.02 Å². The van der Waals surface area contributed by atoms with Crippen molar-refractivity contribution in [1.29, 1.82) is 0 Å². The van der Waals surface area contributed by atoms with Gasteiger partial charge in [-0.1, -0.05) is 35.9 Å². The van der Waals surface area contributed by atoms with E-state index in [2.05, 4.69) is 42.7 Å². The largest absolute Gasteiger partial charge is 0.358 e. The van der Waals surface area contributed by atoms with Crippen molar-refractivity contribution in [2.24, 2.45) is 0 Å². The summed E-state index contributed by atoms with van der Waals surface area (Å²) in [6.45, 7) is 4.80. The van der Waals surface area contributed by atoms with Crippen molar-refractivity contribution < 1.29 is 0 Å². The Hall–Kier alpha value is -1.58. The Balaban J connectivity index is 1.92. The second kappa shape index (κ2) is 6.73. The molecule has 2 aromatic carbocycles. The maximum Gasteiger partial charge on any atom is 0.171 e. The van der Waals surface area contributed by atoms with Gasteiger partial charge in [-0.2, -0.15) is 0 Å². The van der Waals surface area contributed by atoms with Crippen LogP contribution in [-0.4, -0.2) is 5.11 Å². The Bertz CT molecular complexity index is 608. The molecule has 0 aromatic heterocycles. The van der Waals surface area contributed by atoms with E-state index in [-0.39, 0.29) is 0 Å². The standard InChI is InChI=1S/C16H17ClN2S/c1-11-3-4-12(2)15(9-11)19-16(20)18-10-13-5-7-14(17)8-6-13/h3-9H,10H2,1-2H3,(H2,18,19,20). The predicted molar refractivity (Wildman–Crippen MR) is 90.4 cm³/mol. The zero-order valence-corrected chi connectivity index (χ0v) is 13.1. The summed E-state index contributed by atoms with van der Waals surface area (Å²) < 4.78 is 0. The van der Waals surface area contributed by atoms with Crippen LogP contribution in [0.3, 0.4) is 0 Å². The Kier molecular flexibility index (Phi) is 4.99. The van der Waals surface area contributed by atoms with Crippen molar-refractivity contribution in [3.63, 3.8) is 0 Å². The molecule has 2 nitrogen and oxygen atoms in total. The highest BCUT2D eigenvalue weighted by Gasteiger charge is 2.02. The number of nitrogens with one attached hydrogen (secondary N) is 2. The number of hydrogen-bond acceptors (Lipinski definition) is 1. The Morgan fingerprint density at radius 2 is 1.80 bits per heavy atom. The third-order valence-corrected chi connectivity index (χ3v) is 3.51. The van der Waals surface area contributed by atoms with Crippen molar-refractivity contribution >= 4 is 34.6 Å². The molecular weight excluding hydrogens is 288 g/mol. The van der Waals surface area contributed by atoms with Crippen LogP contribution < -0.4 is 10.6 Å². The van der Waals surface area contributed by atoms with E-state index >= 15 is 0 Å². The monoisotopic (exact) mass is 304 g/mol. The van der Waals surface area contributed by atoms with Gasteiger partial charge in [0.05, 0.1) is 0 Å². The van der Waals surface area contributed by atoms with Gasteiger partial charge < -0.3 is 10.6 Å². The van der Waals surface area contributed by atoms with Gasteiger partial charge in [0.15, 0.2) is 5.11 Å². The van der Waals surface area contributed by atoms with Gasteiger partial charge in [-0.3, -0.25) is 0 Å². The highest BCUT2D eigenvalue weighted by atomic mass is 35.5. The molecule has 0 radical (unpaired) electrons. The molecule has 20 heavy (non-hydrogen) atoms. The molecule has 0 atom stereocenters. The minimum Gasteiger partial charge on any atom is -0.358 e. The highest BCUT2D eigenvalue weighted by molar-refractivity contribution is 7.80. The quantitative estimate of drug-likeness (QED) is 0.820. The molecule has 0 saturated heterocycles. The highest BCUT2D eigenvalue weighted by Crippen LogP contribution is 2.16. The number of halogens is 1. The SMILES string of the molecule is Cc1ccc(C)c(NC(=S)NCc2ccc(Cl)cc2)c1. The van der Waals surface area contributed by atoms with Crippen molar-refractivity contribution in [2.45, 2.75) is 20.4 Å². The zero-order chi connectivity index (χ0) is 14.5. The van der Waals surface area contributed by atoms with Crippen LogP contribution in [0.4, 0.5) is 5.69 Å². The first-order valence-corrected chi connectivity index (χ1v) is 7.20. The van der Waals surface area contributed by atoms with Gasteiger partial charge in [0.2, 0.25) is 0 Å². The Labute approximate surface area is 130 Å². The molecule has 0 bridgehead atoms. The molecule has 0 aliphatic rings. The smallest absolute Gasteiger partial charge is 0.171 e. The van der Waals surface area contributed by atoms with E-state index in [4.69, 9.17) is 23.8 Å². The summed E-state index contributed by atoms with van der Waals surface area (Å²) in [5, 5.41) is 7.78. The Morgan fingerprint density at radius 1 is 1.10 bits per heavy atom. The average molecular weight is 305 g/mol. The lowest BCUT2D eigenvalue weighted by molar-refractivity contribution is 0.925. The van der Waals surface area contributed by atoms with Crippen LogP contribution in [0.15, 0.2) is 42.5 Å². The van der Waals surface area contributed by atoms with Gasteiger partial charge in [-0.05, 0) is 61.0 Å². The molecule has 0 unspecified atom stereocenters. The zero-order valence-electron chi connectivity index (χ0n) is 11.5. The fourth-order valence-electron chi connectivity index (χ4n) is 1.82. The van der Waals surface area contributed by atoms with Crippen LogP contribution >= 0.6 is 23.8 Å². The van der Waals surface area contributed by atoms with E-state index in [1.807, 2.05) is 24.3 Å². The number of anilines is 1. The predicted octanol–water partition coefficient (Wildman–Crippen LogP) is 4.44. The summed E-state index contributed by atoms with van der Waals surface area (Å²) >= 11 is 11.2. The normalized spacial score (nSPS) is 10.2.